The Labute approximate surface area is 91.9 Å². The van der Waals surface area contributed by atoms with Crippen molar-refractivity contribution < 1.29 is 19.8 Å². The molecule has 0 aliphatic heterocycles. The Hall–Kier alpha value is -1.63. The Kier molecular flexibility index (Phi) is 6.86. The highest BCUT2D eigenvalue weighted by atomic mass is 16.3. The molecule has 1 amide bonds. The molecule has 90 valence electrons. The van der Waals surface area contributed by atoms with Gasteiger partial charge >= 0.3 is 0 Å². The highest BCUT2D eigenvalue weighted by Crippen LogP contribution is 2.06. The fourth-order valence-corrected chi connectivity index (χ4v) is 1.04. The maximum Gasteiger partial charge on any atom is 0.216 e. The summed E-state index contributed by atoms with van der Waals surface area (Å²) in [6.45, 7) is 1.16. The molecule has 0 bridgehead atoms. The fourth-order valence-electron chi connectivity index (χ4n) is 1.04. The molecular weight excluding hydrogens is 216 g/mol. The van der Waals surface area contributed by atoms with Crippen LogP contribution in [0.4, 0.5) is 0 Å². The van der Waals surface area contributed by atoms with E-state index in [0.29, 0.717) is 6.29 Å². The molecule has 8 heteroatoms. The lowest BCUT2D eigenvalue weighted by Gasteiger charge is -2.22. The summed E-state index contributed by atoms with van der Waals surface area (Å²) in [5.74, 6) is -0.352. The number of amides is 1. The second-order valence-corrected chi connectivity index (χ2v) is 3.17. The number of hydrogen-bond acceptors (Lipinski definition) is 5. The van der Waals surface area contributed by atoms with Crippen LogP contribution in [0.1, 0.15) is 13.3 Å². The van der Waals surface area contributed by atoms with E-state index in [0.717, 1.165) is 0 Å². The average molecular weight is 230 g/mol. The van der Waals surface area contributed by atoms with Crippen molar-refractivity contribution in [2.75, 3.05) is 6.54 Å². The molecule has 0 radical (unpaired) electrons. The van der Waals surface area contributed by atoms with Crippen LogP contribution in [-0.4, -0.2) is 47.2 Å². The molecule has 0 rings (SSSR count). The van der Waals surface area contributed by atoms with E-state index in [1.807, 2.05) is 0 Å². The van der Waals surface area contributed by atoms with Crippen molar-refractivity contribution in [3.8, 4) is 0 Å². The first-order valence-electron chi connectivity index (χ1n) is 4.61. The van der Waals surface area contributed by atoms with Crippen molar-refractivity contribution >= 4 is 12.2 Å². The van der Waals surface area contributed by atoms with E-state index >= 15 is 0 Å². The van der Waals surface area contributed by atoms with Gasteiger partial charge in [-0.1, -0.05) is 5.11 Å². The molecule has 8 nitrogen and oxygen atoms in total. The monoisotopic (exact) mass is 230 g/mol. The largest absolute Gasteiger partial charge is 0.390 e. The number of nitrogens with one attached hydrogen (secondary N) is 1. The second kappa shape index (κ2) is 7.63. The lowest BCUT2D eigenvalue weighted by molar-refractivity contribution is -0.119. The maximum absolute atomic E-state index is 10.6. The molecule has 0 aromatic rings. The Balaban J connectivity index is 4.44. The molecule has 0 fully saturated rings. The van der Waals surface area contributed by atoms with Crippen LogP contribution in [0.3, 0.4) is 0 Å². The molecule has 3 atom stereocenters. The zero-order valence-electron chi connectivity index (χ0n) is 8.78. The van der Waals surface area contributed by atoms with Gasteiger partial charge in [0.2, 0.25) is 5.91 Å². The van der Waals surface area contributed by atoms with E-state index in [1.54, 1.807) is 0 Å². The number of azide groups is 1. The van der Waals surface area contributed by atoms with Crippen LogP contribution in [0, 0.1) is 0 Å². The van der Waals surface area contributed by atoms with Gasteiger partial charge in [0.25, 0.3) is 0 Å². The number of aliphatic hydroxyl groups excluding tert-OH is 2. The van der Waals surface area contributed by atoms with E-state index in [2.05, 4.69) is 15.3 Å². The highest BCUT2D eigenvalue weighted by Gasteiger charge is 2.25. The molecule has 0 unspecified atom stereocenters. The van der Waals surface area contributed by atoms with Gasteiger partial charge in [0.1, 0.15) is 6.29 Å². The van der Waals surface area contributed by atoms with Crippen molar-refractivity contribution in [1.29, 1.82) is 0 Å². The number of carbonyl (C=O) groups is 2. The van der Waals surface area contributed by atoms with Crippen LogP contribution in [0.25, 0.3) is 10.4 Å². The van der Waals surface area contributed by atoms with E-state index in [-0.39, 0.29) is 18.9 Å². The smallest absolute Gasteiger partial charge is 0.216 e. The molecule has 16 heavy (non-hydrogen) atoms. The van der Waals surface area contributed by atoms with Crippen LogP contribution < -0.4 is 5.32 Å². The van der Waals surface area contributed by atoms with Gasteiger partial charge in [-0.2, -0.15) is 0 Å². The van der Waals surface area contributed by atoms with Crippen LogP contribution >= 0.6 is 0 Å². The number of aldehydes is 1. The van der Waals surface area contributed by atoms with Gasteiger partial charge in [-0.05, 0) is 5.53 Å². The molecule has 0 saturated heterocycles. The zero-order chi connectivity index (χ0) is 12.6. The van der Waals surface area contributed by atoms with Crippen LogP contribution in [0.5, 0.6) is 0 Å². The van der Waals surface area contributed by atoms with Crippen molar-refractivity contribution in [2.24, 2.45) is 5.11 Å². The van der Waals surface area contributed by atoms with E-state index in [4.69, 9.17) is 5.53 Å². The summed E-state index contributed by atoms with van der Waals surface area (Å²) in [5.41, 5.74) is 8.25. The summed E-state index contributed by atoms with van der Waals surface area (Å²) >= 11 is 0. The Morgan fingerprint density at radius 3 is 2.69 bits per heavy atom. The number of nitrogens with zero attached hydrogens (tertiary/aromatic N) is 3. The standard InChI is InChI=1S/C8H14N4O4/c1-5(14)10-4-6(11-12-9)8(16)7(15)2-3-13/h3,6-8,15-16H,2,4H2,1H3,(H,10,14)/t6-,7+,8-/m1/s1. The molecule has 0 aromatic heterocycles. The number of rotatable bonds is 7. The first kappa shape index (κ1) is 14.4. The predicted octanol–water partition coefficient (Wildman–Crippen LogP) is -0.888. The second-order valence-electron chi connectivity index (χ2n) is 3.17. The number of carbonyl (C=O) groups excluding carboxylic acids is 2. The summed E-state index contributed by atoms with van der Waals surface area (Å²) in [6, 6.07) is -1.01. The lowest BCUT2D eigenvalue weighted by Crippen LogP contribution is -2.43. The third-order valence-electron chi connectivity index (χ3n) is 1.89. The topological polar surface area (TPSA) is 135 Å². The minimum Gasteiger partial charge on any atom is -0.390 e. The van der Waals surface area contributed by atoms with Gasteiger partial charge in [0.05, 0.1) is 18.2 Å². The highest BCUT2D eigenvalue weighted by molar-refractivity contribution is 5.72. The quantitative estimate of drug-likeness (QED) is 0.226. The molecule has 0 aliphatic rings. The number of aliphatic hydroxyl groups is 2. The summed E-state index contributed by atoms with van der Waals surface area (Å²) < 4.78 is 0. The fraction of sp³-hybridized carbons (Fsp3) is 0.750. The van der Waals surface area contributed by atoms with Gasteiger partial charge in [0.15, 0.2) is 0 Å². The van der Waals surface area contributed by atoms with Gasteiger partial charge < -0.3 is 20.3 Å². The van der Waals surface area contributed by atoms with Gasteiger partial charge in [-0.25, -0.2) is 0 Å². The first-order chi connectivity index (χ1) is 7.52. The Bertz CT molecular complexity index is 290. The van der Waals surface area contributed by atoms with Gasteiger partial charge in [-0.15, -0.1) is 0 Å². The average Bonchev–Trinajstić information content (AvgIpc) is 2.23. The van der Waals surface area contributed by atoms with E-state index < -0.39 is 18.2 Å². The first-order valence-corrected chi connectivity index (χ1v) is 4.61. The maximum atomic E-state index is 10.6. The molecule has 0 saturated carbocycles. The zero-order valence-corrected chi connectivity index (χ0v) is 8.78. The summed E-state index contributed by atoms with van der Waals surface area (Å²) in [6.07, 6.45) is -2.53. The van der Waals surface area contributed by atoms with Crippen LogP contribution in [0.15, 0.2) is 5.11 Å². The van der Waals surface area contributed by atoms with Crippen molar-refractivity contribution in [3.63, 3.8) is 0 Å². The van der Waals surface area contributed by atoms with Crippen molar-refractivity contribution in [2.45, 2.75) is 31.6 Å². The SMILES string of the molecule is CC(=O)NC[C@@H](N=[N+]=[N-])[C@@H](O)[C@@H](O)CC=O. The van der Waals surface area contributed by atoms with Crippen molar-refractivity contribution in [3.05, 3.63) is 10.4 Å². The van der Waals surface area contributed by atoms with E-state index in [9.17, 15) is 19.8 Å². The van der Waals surface area contributed by atoms with Gasteiger partial charge in [-0.3, -0.25) is 4.79 Å². The lowest BCUT2D eigenvalue weighted by atomic mass is 10.0. The minimum atomic E-state index is -1.40. The van der Waals surface area contributed by atoms with Crippen LogP contribution in [-0.2, 0) is 9.59 Å². The van der Waals surface area contributed by atoms with Gasteiger partial charge in [0, 0.05) is 24.8 Å². The summed E-state index contributed by atoms with van der Waals surface area (Å²) in [5, 5.41) is 24.4. The van der Waals surface area contributed by atoms with Crippen molar-refractivity contribution in [1.82, 2.24) is 5.32 Å². The van der Waals surface area contributed by atoms with E-state index in [1.165, 1.54) is 6.92 Å². The predicted molar refractivity (Wildman–Crippen MR) is 54.3 cm³/mol. The third kappa shape index (κ3) is 5.30. The molecule has 0 heterocycles. The molecule has 3 N–H and O–H groups in total. The Morgan fingerprint density at radius 2 is 2.25 bits per heavy atom. The molecular formula is C8H14N4O4. The molecule has 0 aliphatic carbocycles. The summed E-state index contributed by atoms with van der Waals surface area (Å²) in [4.78, 5) is 23.2. The summed E-state index contributed by atoms with van der Waals surface area (Å²) in [7, 11) is 0. The van der Waals surface area contributed by atoms with Crippen LogP contribution in [0.2, 0.25) is 0 Å². The normalized spacial score (nSPS) is 15.4. The molecule has 0 spiro atoms. The Morgan fingerprint density at radius 1 is 1.62 bits per heavy atom. The minimum absolute atomic E-state index is 0.101. The third-order valence-corrected chi connectivity index (χ3v) is 1.89. The number of hydrogen-bond donors (Lipinski definition) is 3. The molecule has 0 aromatic carbocycles.